The standard InChI is InChI=1S/C20H23N5O4/c1-25-15(9-14(20(25)27)10-18(26)28-2)11-29-17-8-7-16(23-24-17)12-3-5-13(6-4-12)19(21)22/h3-8,14-15H,9-11H2,1-2H3,(H3,21,22)/t14-,15-/m0/s1. The van der Waals surface area contributed by atoms with Gasteiger partial charge in [-0.2, -0.15) is 0 Å². The Labute approximate surface area is 168 Å². The van der Waals surface area contributed by atoms with Gasteiger partial charge in [0.25, 0.3) is 0 Å². The number of rotatable bonds is 7. The van der Waals surface area contributed by atoms with Gasteiger partial charge >= 0.3 is 5.97 Å². The van der Waals surface area contributed by atoms with Crippen LogP contribution in [0.3, 0.4) is 0 Å². The Balaban J connectivity index is 1.58. The average molecular weight is 397 g/mol. The molecule has 9 nitrogen and oxygen atoms in total. The second kappa shape index (κ2) is 8.68. The van der Waals surface area contributed by atoms with Gasteiger partial charge in [-0.05, 0) is 12.5 Å². The smallest absolute Gasteiger partial charge is 0.306 e. The van der Waals surface area contributed by atoms with E-state index in [0.717, 1.165) is 5.56 Å². The minimum Gasteiger partial charge on any atom is -0.474 e. The van der Waals surface area contributed by atoms with Crippen molar-refractivity contribution in [2.24, 2.45) is 11.7 Å². The molecular weight excluding hydrogens is 374 g/mol. The maximum absolute atomic E-state index is 12.3. The van der Waals surface area contributed by atoms with E-state index in [0.29, 0.717) is 23.6 Å². The number of carbonyl (C=O) groups excluding carboxylic acids is 2. The monoisotopic (exact) mass is 397 g/mol. The summed E-state index contributed by atoms with van der Waals surface area (Å²) < 4.78 is 10.4. The van der Waals surface area contributed by atoms with Crippen LogP contribution in [0.2, 0.25) is 0 Å². The van der Waals surface area contributed by atoms with Crippen LogP contribution >= 0.6 is 0 Å². The molecule has 1 aliphatic heterocycles. The van der Waals surface area contributed by atoms with E-state index in [2.05, 4.69) is 14.9 Å². The second-order valence-electron chi connectivity index (χ2n) is 6.87. The van der Waals surface area contributed by atoms with Crippen LogP contribution in [0.5, 0.6) is 5.88 Å². The lowest BCUT2D eigenvalue weighted by Crippen LogP contribution is -2.34. The number of nitrogens with two attached hydrogens (primary N) is 1. The van der Waals surface area contributed by atoms with Gasteiger partial charge in [0.15, 0.2) is 0 Å². The number of nitrogens with one attached hydrogen (secondary N) is 1. The van der Waals surface area contributed by atoms with Crippen molar-refractivity contribution in [2.45, 2.75) is 18.9 Å². The third-order valence-corrected chi connectivity index (χ3v) is 5.00. The van der Waals surface area contributed by atoms with Crippen molar-refractivity contribution in [3.05, 3.63) is 42.0 Å². The van der Waals surface area contributed by atoms with Crippen LogP contribution in [0.1, 0.15) is 18.4 Å². The van der Waals surface area contributed by atoms with Gasteiger partial charge in [-0.25, -0.2) is 0 Å². The lowest BCUT2D eigenvalue weighted by molar-refractivity contribution is -0.144. The second-order valence-corrected chi connectivity index (χ2v) is 6.87. The fraction of sp³-hybridized carbons (Fsp3) is 0.350. The van der Waals surface area contributed by atoms with Gasteiger partial charge in [-0.15, -0.1) is 10.2 Å². The molecule has 1 amide bonds. The first-order valence-corrected chi connectivity index (χ1v) is 9.14. The summed E-state index contributed by atoms with van der Waals surface area (Å²) in [5, 5.41) is 15.7. The SMILES string of the molecule is COC(=O)C[C@@H]1C[C@@H](COc2ccc(-c3ccc(C(=N)N)cc3)nn2)N(C)C1=O. The summed E-state index contributed by atoms with van der Waals surface area (Å²) in [6.45, 7) is 0.265. The zero-order chi connectivity index (χ0) is 21.0. The quantitative estimate of drug-likeness (QED) is 0.408. The molecule has 9 heteroatoms. The number of esters is 1. The minimum atomic E-state index is -0.392. The van der Waals surface area contributed by atoms with E-state index in [1.165, 1.54) is 7.11 Å². The molecule has 1 saturated heterocycles. The molecule has 3 N–H and O–H groups in total. The van der Waals surface area contributed by atoms with Gasteiger partial charge in [0.1, 0.15) is 12.4 Å². The fourth-order valence-electron chi connectivity index (χ4n) is 3.24. The molecule has 0 saturated carbocycles. The number of benzene rings is 1. The molecule has 2 atom stereocenters. The van der Waals surface area contributed by atoms with Crippen LogP contribution in [0.25, 0.3) is 11.3 Å². The summed E-state index contributed by atoms with van der Waals surface area (Å²) in [4.78, 5) is 25.3. The van der Waals surface area contributed by atoms with Crippen LogP contribution in [-0.4, -0.2) is 59.6 Å². The van der Waals surface area contributed by atoms with E-state index in [1.54, 1.807) is 36.2 Å². The van der Waals surface area contributed by atoms with Crippen molar-refractivity contribution in [1.82, 2.24) is 15.1 Å². The lowest BCUT2D eigenvalue weighted by Gasteiger charge is -2.19. The van der Waals surface area contributed by atoms with Crippen LogP contribution in [-0.2, 0) is 14.3 Å². The van der Waals surface area contributed by atoms with Crippen molar-refractivity contribution >= 4 is 17.7 Å². The highest BCUT2D eigenvalue weighted by Crippen LogP contribution is 2.27. The molecule has 29 heavy (non-hydrogen) atoms. The first kappa shape index (κ1) is 20.2. The van der Waals surface area contributed by atoms with Gasteiger partial charge in [0.05, 0.1) is 31.2 Å². The van der Waals surface area contributed by atoms with E-state index < -0.39 is 5.97 Å². The highest BCUT2D eigenvalue weighted by Gasteiger charge is 2.38. The Morgan fingerprint density at radius 2 is 1.97 bits per heavy atom. The normalized spacial score (nSPS) is 18.6. The van der Waals surface area contributed by atoms with E-state index in [-0.39, 0.29) is 36.7 Å². The number of likely N-dealkylation sites (N-methyl/N-ethyl adjacent to an activating group) is 1. The molecular formula is C20H23N5O4. The van der Waals surface area contributed by atoms with Crippen LogP contribution in [0, 0.1) is 11.3 Å². The van der Waals surface area contributed by atoms with Gasteiger partial charge < -0.3 is 20.1 Å². The van der Waals surface area contributed by atoms with Gasteiger partial charge in [-0.3, -0.25) is 15.0 Å². The summed E-state index contributed by atoms with van der Waals surface area (Å²) in [6.07, 6.45) is 0.603. The maximum atomic E-state index is 12.3. The summed E-state index contributed by atoms with van der Waals surface area (Å²) in [5.41, 5.74) is 7.61. The third-order valence-electron chi connectivity index (χ3n) is 5.00. The van der Waals surface area contributed by atoms with Gasteiger partial charge in [0.2, 0.25) is 11.8 Å². The number of amidine groups is 1. The van der Waals surface area contributed by atoms with E-state index >= 15 is 0 Å². The van der Waals surface area contributed by atoms with Crippen molar-refractivity contribution < 1.29 is 19.1 Å². The predicted octanol–water partition coefficient (Wildman–Crippen LogP) is 1.22. The summed E-state index contributed by atoms with van der Waals surface area (Å²) in [6, 6.07) is 10.5. The number of hydrogen-bond donors (Lipinski definition) is 2. The van der Waals surface area contributed by atoms with E-state index in [9.17, 15) is 9.59 Å². The zero-order valence-electron chi connectivity index (χ0n) is 16.3. The van der Waals surface area contributed by atoms with Crippen LogP contribution in [0.15, 0.2) is 36.4 Å². The van der Waals surface area contributed by atoms with Crippen molar-refractivity contribution in [2.75, 3.05) is 20.8 Å². The zero-order valence-corrected chi connectivity index (χ0v) is 16.3. The Morgan fingerprint density at radius 1 is 1.24 bits per heavy atom. The topological polar surface area (TPSA) is 131 Å². The molecule has 0 bridgehead atoms. The molecule has 3 rings (SSSR count). The highest BCUT2D eigenvalue weighted by molar-refractivity contribution is 5.95. The number of amides is 1. The van der Waals surface area contributed by atoms with Crippen molar-refractivity contribution in [3.8, 4) is 17.1 Å². The van der Waals surface area contributed by atoms with Crippen molar-refractivity contribution in [3.63, 3.8) is 0 Å². The number of hydrogen-bond acceptors (Lipinski definition) is 7. The first-order chi connectivity index (χ1) is 13.9. The average Bonchev–Trinajstić information content (AvgIpc) is 3.00. The van der Waals surface area contributed by atoms with Crippen molar-refractivity contribution in [1.29, 1.82) is 5.41 Å². The molecule has 2 aromatic rings. The number of nitrogen functional groups attached to an aromatic ring is 1. The number of aromatic nitrogens is 2. The highest BCUT2D eigenvalue weighted by atomic mass is 16.5. The summed E-state index contributed by atoms with van der Waals surface area (Å²) in [5.74, 6) is -0.495. The number of likely N-dealkylation sites (tertiary alicyclic amines) is 1. The van der Waals surface area contributed by atoms with Gasteiger partial charge in [0, 0.05) is 24.2 Å². The summed E-state index contributed by atoms with van der Waals surface area (Å²) in [7, 11) is 3.01. The van der Waals surface area contributed by atoms with Crippen LogP contribution < -0.4 is 10.5 Å². The number of methoxy groups -OCH3 is 1. The van der Waals surface area contributed by atoms with Gasteiger partial charge in [-0.1, -0.05) is 24.3 Å². The molecule has 1 aliphatic rings. The fourth-order valence-corrected chi connectivity index (χ4v) is 3.24. The predicted molar refractivity (Wildman–Crippen MR) is 105 cm³/mol. The third kappa shape index (κ3) is 4.68. The molecule has 152 valence electrons. The van der Waals surface area contributed by atoms with E-state index in [1.807, 2.05) is 12.1 Å². The molecule has 0 unspecified atom stereocenters. The molecule has 2 heterocycles. The number of ether oxygens (including phenoxy) is 2. The molecule has 1 aromatic heterocycles. The largest absolute Gasteiger partial charge is 0.474 e. The van der Waals surface area contributed by atoms with Crippen LogP contribution in [0.4, 0.5) is 0 Å². The van der Waals surface area contributed by atoms with E-state index in [4.69, 9.17) is 15.9 Å². The summed E-state index contributed by atoms with van der Waals surface area (Å²) >= 11 is 0. The molecule has 0 aliphatic carbocycles. The molecule has 0 radical (unpaired) electrons. The number of nitrogens with zero attached hydrogens (tertiary/aromatic N) is 3. The Bertz CT molecular complexity index is 898. The molecule has 1 fully saturated rings. The maximum Gasteiger partial charge on any atom is 0.306 e. The Hall–Kier alpha value is -3.49. The Morgan fingerprint density at radius 3 is 2.55 bits per heavy atom. The molecule has 0 spiro atoms. The Kier molecular flexibility index (Phi) is 6.06. The lowest BCUT2D eigenvalue weighted by atomic mass is 10.0. The molecule has 1 aromatic carbocycles. The number of carbonyl (C=O) groups is 2. The minimum absolute atomic E-state index is 0.00979. The first-order valence-electron chi connectivity index (χ1n) is 9.14.